The molecular weight excluding hydrogens is 344 g/mol. The van der Waals surface area contributed by atoms with E-state index in [0.29, 0.717) is 0 Å². The number of Topliss-reactive ketones (excluding diaryl/α,β-unsaturated/α-hetero) is 1. The minimum absolute atomic E-state index is 0.219. The van der Waals surface area contributed by atoms with E-state index in [1.807, 2.05) is 0 Å². The minimum Gasteiger partial charge on any atom is -0.289 e. The van der Waals surface area contributed by atoms with Crippen LogP contribution in [0.25, 0.3) is 0 Å². The van der Waals surface area contributed by atoms with Crippen LogP contribution in [0.15, 0.2) is 19.5 Å². The van der Waals surface area contributed by atoms with Gasteiger partial charge in [0.2, 0.25) is 5.78 Å². The number of ketones is 2. The first-order valence-electron chi connectivity index (χ1n) is 2.55. The fourth-order valence-corrected chi connectivity index (χ4v) is 1.93. The van der Waals surface area contributed by atoms with Gasteiger partial charge in [-0.3, -0.25) is 9.59 Å². The van der Waals surface area contributed by atoms with Gasteiger partial charge in [0.05, 0.1) is 13.4 Å². The Morgan fingerprint density at radius 1 is 1.00 bits per heavy atom. The first-order chi connectivity index (χ1) is 5.04. The second-order valence-corrected chi connectivity index (χ2v) is 4.25. The van der Waals surface area contributed by atoms with Crippen LogP contribution in [0.4, 0.5) is 0 Å². The summed E-state index contributed by atoms with van der Waals surface area (Å²) in [5.41, 5.74) is 0. The first kappa shape index (κ1) is 9.35. The van der Waals surface area contributed by atoms with Crippen LogP contribution in [0.1, 0.15) is 0 Å². The first-order valence-corrected chi connectivity index (χ1v) is 4.93. The van der Waals surface area contributed by atoms with Crippen LogP contribution in [0.2, 0.25) is 0 Å². The Kier molecular flexibility index (Phi) is 2.83. The quantitative estimate of drug-likeness (QED) is 0.632. The predicted molar refractivity (Wildman–Crippen MR) is 51.9 cm³/mol. The summed E-state index contributed by atoms with van der Waals surface area (Å²) < 4.78 is 0.806. The SMILES string of the molecule is O=C1C=C(Br)C(=O)C(Br)=C1Br. The van der Waals surface area contributed by atoms with E-state index in [1.54, 1.807) is 0 Å². The molecule has 0 fully saturated rings. The van der Waals surface area contributed by atoms with Gasteiger partial charge in [-0.2, -0.15) is 0 Å². The van der Waals surface area contributed by atoms with Crippen molar-refractivity contribution in [1.29, 1.82) is 0 Å². The lowest BCUT2D eigenvalue weighted by atomic mass is 10.2. The molecule has 0 aromatic rings. The van der Waals surface area contributed by atoms with Gasteiger partial charge in [0.15, 0.2) is 5.78 Å². The molecule has 0 atom stereocenters. The van der Waals surface area contributed by atoms with Crippen molar-refractivity contribution >= 4 is 59.4 Å². The van der Waals surface area contributed by atoms with Gasteiger partial charge in [-0.15, -0.1) is 0 Å². The molecule has 0 spiro atoms. The van der Waals surface area contributed by atoms with Crippen molar-refractivity contribution in [3.8, 4) is 0 Å². The average molecular weight is 345 g/mol. The van der Waals surface area contributed by atoms with E-state index >= 15 is 0 Å². The van der Waals surface area contributed by atoms with Crippen LogP contribution < -0.4 is 0 Å². The normalized spacial score (nSPS) is 19.0. The summed E-state index contributed by atoms with van der Waals surface area (Å²) in [5, 5.41) is 0. The molecule has 5 heteroatoms. The number of halogens is 3. The molecule has 11 heavy (non-hydrogen) atoms. The summed E-state index contributed by atoms with van der Waals surface area (Å²) in [5.74, 6) is -0.445. The number of allylic oxidation sites excluding steroid dienone is 4. The van der Waals surface area contributed by atoms with Gasteiger partial charge in [0, 0.05) is 6.08 Å². The summed E-state index contributed by atoms with van der Waals surface area (Å²) in [7, 11) is 0. The Balaban J connectivity index is 3.19. The average Bonchev–Trinajstić information content (AvgIpc) is 1.97. The fourth-order valence-electron chi connectivity index (χ4n) is 0.557. The van der Waals surface area contributed by atoms with Crippen LogP contribution >= 0.6 is 47.8 Å². The summed E-state index contributed by atoms with van der Waals surface area (Å²) >= 11 is 8.94. The largest absolute Gasteiger partial charge is 0.289 e. The van der Waals surface area contributed by atoms with Crippen LogP contribution in [0.5, 0.6) is 0 Å². The van der Waals surface area contributed by atoms with Crippen LogP contribution in [-0.4, -0.2) is 11.6 Å². The molecule has 0 aromatic heterocycles. The molecule has 1 aliphatic rings. The van der Waals surface area contributed by atoms with Crippen molar-refractivity contribution in [3.05, 3.63) is 19.5 Å². The molecule has 0 bridgehead atoms. The third kappa shape index (κ3) is 1.71. The monoisotopic (exact) mass is 342 g/mol. The summed E-state index contributed by atoms with van der Waals surface area (Å²) in [6.07, 6.45) is 1.23. The van der Waals surface area contributed by atoms with E-state index < -0.39 is 0 Å². The highest BCUT2D eigenvalue weighted by atomic mass is 79.9. The van der Waals surface area contributed by atoms with Crippen molar-refractivity contribution in [1.82, 2.24) is 0 Å². The topological polar surface area (TPSA) is 34.1 Å². The van der Waals surface area contributed by atoms with Gasteiger partial charge >= 0.3 is 0 Å². The van der Waals surface area contributed by atoms with Gasteiger partial charge < -0.3 is 0 Å². The van der Waals surface area contributed by atoms with Gasteiger partial charge in [0.25, 0.3) is 0 Å². The molecule has 0 radical (unpaired) electrons. The second kappa shape index (κ2) is 3.33. The molecule has 0 amide bonds. The van der Waals surface area contributed by atoms with Crippen LogP contribution in [0.3, 0.4) is 0 Å². The molecule has 2 nitrogen and oxygen atoms in total. The zero-order chi connectivity index (χ0) is 8.59. The summed E-state index contributed by atoms with van der Waals surface area (Å²) in [6.45, 7) is 0. The van der Waals surface area contributed by atoms with Gasteiger partial charge in [0.1, 0.15) is 0 Å². The van der Waals surface area contributed by atoms with E-state index in [9.17, 15) is 9.59 Å². The second-order valence-electron chi connectivity index (χ2n) is 1.81. The molecule has 0 aromatic carbocycles. The van der Waals surface area contributed by atoms with Crippen LogP contribution in [-0.2, 0) is 9.59 Å². The molecule has 1 rings (SSSR count). The fraction of sp³-hybridized carbons (Fsp3) is 0. The van der Waals surface area contributed by atoms with E-state index in [4.69, 9.17) is 0 Å². The van der Waals surface area contributed by atoms with Crippen molar-refractivity contribution in [2.75, 3.05) is 0 Å². The molecule has 58 valence electrons. The van der Waals surface area contributed by atoms with Gasteiger partial charge in [-0.05, 0) is 47.8 Å². The third-order valence-electron chi connectivity index (χ3n) is 1.08. The Morgan fingerprint density at radius 2 is 1.55 bits per heavy atom. The third-order valence-corrected chi connectivity index (χ3v) is 3.75. The van der Waals surface area contributed by atoms with Gasteiger partial charge in [-0.25, -0.2) is 0 Å². The maximum Gasteiger partial charge on any atom is 0.208 e. The van der Waals surface area contributed by atoms with Gasteiger partial charge in [-0.1, -0.05) is 0 Å². The summed E-state index contributed by atoms with van der Waals surface area (Å²) in [6, 6.07) is 0. The molecule has 0 saturated carbocycles. The Hall–Kier alpha value is 0.260. The summed E-state index contributed by atoms with van der Waals surface area (Å²) in [4.78, 5) is 22.0. The molecular formula is C6HBr3O2. The molecule has 0 saturated heterocycles. The zero-order valence-corrected chi connectivity index (χ0v) is 9.79. The maximum atomic E-state index is 11.1. The van der Waals surface area contributed by atoms with Crippen molar-refractivity contribution in [2.45, 2.75) is 0 Å². The smallest absolute Gasteiger partial charge is 0.208 e. The molecule has 0 unspecified atom stereocenters. The van der Waals surface area contributed by atoms with Crippen molar-refractivity contribution in [2.24, 2.45) is 0 Å². The maximum absolute atomic E-state index is 11.1. The molecule has 0 N–H and O–H groups in total. The molecule has 0 heterocycles. The zero-order valence-electron chi connectivity index (χ0n) is 5.03. The Bertz CT molecular complexity index is 301. The predicted octanol–water partition coefficient (Wildman–Crippen LogP) is 2.42. The highest BCUT2D eigenvalue weighted by molar-refractivity contribution is 9.15. The Labute approximate surface area is 88.1 Å². The van der Waals surface area contributed by atoms with Crippen molar-refractivity contribution < 1.29 is 9.59 Å². The van der Waals surface area contributed by atoms with Crippen molar-refractivity contribution in [3.63, 3.8) is 0 Å². The van der Waals surface area contributed by atoms with E-state index in [1.165, 1.54) is 6.08 Å². The number of carbonyl (C=O) groups excluding carboxylic acids is 2. The van der Waals surface area contributed by atoms with Crippen LogP contribution in [0, 0.1) is 0 Å². The number of carbonyl (C=O) groups is 2. The molecule has 1 aliphatic carbocycles. The lowest BCUT2D eigenvalue weighted by molar-refractivity contribution is -0.114. The lowest BCUT2D eigenvalue weighted by Gasteiger charge is -2.05. The highest BCUT2D eigenvalue weighted by Gasteiger charge is 2.23. The number of hydrogen-bond donors (Lipinski definition) is 0. The molecule has 0 aliphatic heterocycles. The minimum atomic E-state index is -0.225. The van der Waals surface area contributed by atoms with E-state index in [2.05, 4.69) is 47.8 Å². The number of hydrogen-bond acceptors (Lipinski definition) is 2. The lowest BCUT2D eigenvalue weighted by Crippen LogP contribution is -2.10. The van der Waals surface area contributed by atoms with E-state index in [-0.39, 0.29) is 25.0 Å². The van der Waals surface area contributed by atoms with E-state index in [0.717, 1.165) is 0 Å². The Morgan fingerprint density at radius 3 is 2.09 bits per heavy atom. The number of rotatable bonds is 0. The highest BCUT2D eigenvalue weighted by Crippen LogP contribution is 2.29. The standard InChI is InChI=1S/C6HBr3O2/c7-2-1-3(10)4(8)5(9)6(2)11/h1H.